The van der Waals surface area contributed by atoms with Crippen LogP contribution in [0.25, 0.3) is 11.1 Å². The second kappa shape index (κ2) is 9.67. The monoisotopic (exact) mass is 468 g/mol. The SMILES string of the molecule is CC(C)(C)[Si](C)(C)Oc1ccc(-c2ccccc2P(c2ccccc2)c2ccccc2)cc1. The first-order valence-corrected chi connectivity index (χ1v) is 15.8. The number of rotatable bonds is 6. The van der Waals surface area contributed by atoms with Crippen LogP contribution in [0.1, 0.15) is 20.8 Å². The molecule has 0 spiro atoms. The molecule has 0 bridgehead atoms. The van der Waals surface area contributed by atoms with Crippen LogP contribution in [0.5, 0.6) is 5.75 Å². The van der Waals surface area contributed by atoms with E-state index in [-0.39, 0.29) is 5.04 Å². The minimum absolute atomic E-state index is 0.180. The van der Waals surface area contributed by atoms with Crippen molar-refractivity contribution in [2.24, 2.45) is 0 Å². The quantitative estimate of drug-likeness (QED) is 0.210. The summed E-state index contributed by atoms with van der Waals surface area (Å²) in [6.07, 6.45) is 0. The highest BCUT2D eigenvalue weighted by molar-refractivity contribution is 7.80. The van der Waals surface area contributed by atoms with Gasteiger partial charge in [0.25, 0.3) is 0 Å². The fourth-order valence-corrected chi connectivity index (χ4v) is 7.15. The third-order valence-electron chi connectivity index (χ3n) is 6.52. The van der Waals surface area contributed by atoms with Gasteiger partial charge in [-0.3, -0.25) is 0 Å². The van der Waals surface area contributed by atoms with Crippen molar-refractivity contribution in [1.29, 1.82) is 0 Å². The minimum Gasteiger partial charge on any atom is -0.544 e. The lowest BCUT2D eigenvalue weighted by molar-refractivity contribution is 0.492. The van der Waals surface area contributed by atoms with Crippen LogP contribution in [-0.2, 0) is 0 Å². The lowest BCUT2D eigenvalue weighted by Gasteiger charge is -2.36. The summed E-state index contributed by atoms with van der Waals surface area (Å²) in [6, 6.07) is 39.3. The van der Waals surface area contributed by atoms with Gasteiger partial charge in [0.05, 0.1) is 0 Å². The highest BCUT2D eigenvalue weighted by Crippen LogP contribution is 2.39. The maximum Gasteiger partial charge on any atom is 0.250 e. The Morgan fingerprint density at radius 1 is 0.606 bits per heavy atom. The fraction of sp³-hybridized carbons (Fsp3) is 0.200. The predicted octanol–water partition coefficient (Wildman–Crippen LogP) is 7.50. The van der Waals surface area contributed by atoms with E-state index in [9.17, 15) is 0 Å². The average Bonchev–Trinajstić information content (AvgIpc) is 2.81. The van der Waals surface area contributed by atoms with Crippen molar-refractivity contribution in [1.82, 2.24) is 0 Å². The first-order valence-electron chi connectivity index (χ1n) is 11.5. The molecule has 0 fully saturated rings. The molecule has 0 heterocycles. The Kier molecular flexibility index (Phi) is 6.88. The molecule has 0 aliphatic heterocycles. The molecule has 0 aliphatic carbocycles. The first kappa shape index (κ1) is 23.5. The summed E-state index contributed by atoms with van der Waals surface area (Å²) in [7, 11) is -2.52. The lowest BCUT2D eigenvalue weighted by Crippen LogP contribution is -2.43. The third kappa shape index (κ3) is 5.29. The molecule has 4 aromatic rings. The average molecular weight is 469 g/mol. The van der Waals surface area contributed by atoms with E-state index < -0.39 is 16.2 Å². The van der Waals surface area contributed by atoms with Crippen molar-refractivity contribution in [2.75, 3.05) is 0 Å². The molecule has 0 atom stereocenters. The van der Waals surface area contributed by atoms with Gasteiger partial charge in [0, 0.05) is 0 Å². The third-order valence-corrected chi connectivity index (χ3v) is 13.4. The molecule has 33 heavy (non-hydrogen) atoms. The molecule has 0 N–H and O–H groups in total. The zero-order valence-electron chi connectivity index (χ0n) is 20.2. The molecule has 4 aromatic carbocycles. The summed E-state index contributed by atoms with van der Waals surface area (Å²) < 4.78 is 6.52. The molecule has 0 aromatic heterocycles. The molecule has 4 rings (SSSR count). The second-order valence-electron chi connectivity index (χ2n) is 9.91. The van der Waals surface area contributed by atoms with E-state index in [1.54, 1.807) is 0 Å². The van der Waals surface area contributed by atoms with Crippen molar-refractivity contribution >= 4 is 32.2 Å². The van der Waals surface area contributed by atoms with Crippen LogP contribution in [0.2, 0.25) is 18.1 Å². The van der Waals surface area contributed by atoms with Gasteiger partial charge in [-0.15, -0.1) is 0 Å². The van der Waals surface area contributed by atoms with Crippen LogP contribution >= 0.6 is 7.92 Å². The van der Waals surface area contributed by atoms with E-state index in [0.717, 1.165) is 5.75 Å². The summed E-state index contributed by atoms with van der Waals surface area (Å²) in [4.78, 5) is 0. The fourth-order valence-electron chi connectivity index (χ4n) is 3.64. The standard InChI is InChI=1S/C30H33OPSi/c1-30(2,3)33(4,5)31-25-22-20-24(21-23-25)28-18-12-13-19-29(28)32(26-14-8-6-9-15-26)27-16-10-7-11-17-27/h6-23H,1-5H3. The van der Waals surface area contributed by atoms with Crippen LogP contribution in [-0.4, -0.2) is 8.32 Å². The van der Waals surface area contributed by atoms with Crippen molar-refractivity contribution in [3.8, 4) is 16.9 Å². The molecule has 0 aliphatic rings. The second-order valence-corrected chi connectivity index (χ2v) is 16.8. The largest absolute Gasteiger partial charge is 0.544 e. The van der Waals surface area contributed by atoms with Crippen LogP contribution in [0, 0.1) is 0 Å². The molecule has 1 nitrogen and oxygen atoms in total. The van der Waals surface area contributed by atoms with Crippen LogP contribution in [0.15, 0.2) is 109 Å². The van der Waals surface area contributed by atoms with Gasteiger partial charge in [0.1, 0.15) is 5.75 Å². The van der Waals surface area contributed by atoms with Crippen LogP contribution < -0.4 is 20.3 Å². The van der Waals surface area contributed by atoms with E-state index in [0.29, 0.717) is 0 Å². The molecule has 0 amide bonds. The summed E-state index contributed by atoms with van der Waals surface area (Å²) in [5.41, 5.74) is 2.52. The van der Waals surface area contributed by atoms with E-state index in [1.807, 2.05) is 0 Å². The minimum atomic E-state index is -1.86. The molecular formula is C30H33OPSi. The summed E-state index contributed by atoms with van der Waals surface area (Å²) in [6.45, 7) is 11.4. The Hall–Kier alpha value is -2.67. The molecule has 0 saturated carbocycles. The van der Waals surface area contributed by atoms with E-state index >= 15 is 0 Å². The van der Waals surface area contributed by atoms with Crippen LogP contribution in [0.3, 0.4) is 0 Å². The van der Waals surface area contributed by atoms with Gasteiger partial charge in [-0.1, -0.05) is 118 Å². The predicted molar refractivity (Wildman–Crippen MR) is 148 cm³/mol. The van der Waals surface area contributed by atoms with Gasteiger partial charge in [0.2, 0.25) is 8.32 Å². The van der Waals surface area contributed by atoms with E-state index in [4.69, 9.17) is 4.43 Å². The highest BCUT2D eigenvalue weighted by atomic mass is 31.1. The Morgan fingerprint density at radius 3 is 1.61 bits per heavy atom. The number of hydrogen-bond acceptors (Lipinski definition) is 1. The highest BCUT2D eigenvalue weighted by Gasteiger charge is 2.38. The van der Waals surface area contributed by atoms with E-state index in [1.165, 1.54) is 27.0 Å². The van der Waals surface area contributed by atoms with Gasteiger partial charge >= 0.3 is 0 Å². The Morgan fingerprint density at radius 2 is 1.09 bits per heavy atom. The van der Waals surface area contributed by atoms with Gasteiger partial charge in [-0.25, -0.2) is 0 Å². The van der Waals surface area contributed by atoms with Crippen molar-refractivity contribution in [2.45, 2.75) is 38.9 Å². The first-order chi connectivity index (χ1) is 15.8. The molecule has 0 radical (unpaired) electrons. The number of benzene rings is 4. The van der Waals surface area contributed by atoms with Crippen LogP contribution in [0.4, 0.5) is 0 Å². The maximum atomic E-state index is 6.52. The number of hydrogen-bond donors (Lipinski definition) is 0. The molecule has 0 saturated heterocycles. The summed E-state index contributed by atoms with van der Waals surface area (Å²) in [5.74, 6) is 0.969. The zero-order valence-corrected chi connectivity index (χ0v) is 22.1. The smallest absolute Gasteiger partial charge is 0.250 e. The van der Waals surface area contributed by atoms with Gasteiger partial charge in [-0.05, 0) is 65.2 Å². The van der Waals surface area contributed by atoms with Crippen molar-refractivity contribution in [3.05, 3.63) is 109 Å². The Balaban J connectivity index is 1.74. The Bertz CT molecular complexity index is 1140. The van der Waals surface area contributed by atoms with Crippen molar-refractivity contribution < 1.29 is 4.43 Å². The molecule has 0 unspecified atom stereocenters. The Labute approximate surface area is 201 Å². The maximum absolute atomic E-state index is 6.52. The van der Waals surface area contributed by atoms with Gasteiger partial charge in [-0.2, -0.15) is 0 Å². The summed E-state index contributed by atoms with van der Waals surface area (Å²) >= 11 is 0. The normalized spacial score (nSPS) is 12.1. The lowest BCUT2D eigenvalue weighted by atomic mass is 10.1. The zero-order chi connectivity index (χ0) is 23.5. The summed E-state index contributed by atoms with van der Waals surface area (Å²) in [5, 5.41) is 4.29. The van der Waals surface area contributed by atoms with E-state index in [2.05, 4.69) is 143 Å². The topological polar surface area (TPSA) is 9.23 Å². The van der Waals surface area contributed by atoms with Gasteiger partial charge < -0.3 is 4.43 Å². The van der Waals surface area contributed by atoms with Crippen molar-refractivity contribution in [3.63, 3.8) is 0 Å². The molecule has 168 valence electrons. The molecule has 3 heteroatoms. The van der Waals surface area contributed by atoms with Gasteiger partial charge in [0.15, 0.2) is 0 Å². The molecular weight excluding hydrogens is 435 g/mol.